The van der Waals surface area contributed by atoms with Crippen LogP contribution in [0.2, 0.25) is 0 Å². The molecule has 31 heavy (non-hydrogen) atoms. The molecule has 0 saturated carbocycles. The molecule has 4 aromatic rings. The summed E-state index contributed by atoms with van der Waals surface area (Å²) < 4.78 is 32.8. The zero-order valence-corrected chi connectivity index (χ0v) is 18.0. The Morgan fingerprint density at radius 3 is 2.55 bits per heavy atom. The molecule has 0 bridgehead atoms. The predicted molar refractivity (Wildman–Crippen MR) is 115 cm³/mol. The predicted octanol–water partition coefficient (Wildman–Crippen LogP) is 3.69. The first-order chi connectivity index (χ1) is 14.9. The molecule has 2 heterocycles. The second-order valence-electron chi connectivity index (χ2n) is 7.18. The first kappa shape index (κ1) is 20.7. The van der Waals surface area contributed by atoms with Gasteiger partial charge in [-0.15, -0.1) is 0 Å². The standard InChI is InChI=1S/C23H21N3O4S/c1-16-3-7-20(13-22(16)30-2)31(28,29)19-8-4-17(5-9-19)6-10-21(27)18-14-25-23-24-11-12-26(23)15-18/h3-5,7-9,11-15H,6,10H2,1-2H3. The van der Waals surface area contributed by atoms with Crippen molar-refractivity contribution >= 4 is 21.4 Å². The van der Waals surface area contributed by atoms with Crippen molar-refractivity contribution in [1.82, 2.24) is 14.4 Å². The van der Waals surface area contributed by atoms with Gasteiger partial charge in [0.2, 0.25) is 15.6 Å². The Labute approximate surface area is 180 Å². The lowest BCUT2D eigenvalue weighted by Gasteiger charge is -2.09. The van der Waals surface area contributed by atoms with Gasteiger partial charge in [0.05, 0.1) is 22.5 Å². The van der Waals surface area contributed by atoms with Gasteiger partial charge in [0.15, 0.2) is 5.78 Å². The first-order valence-corrected chi connectivity index (χ1v) is 11.2. The van der Waals surface area contributed by atoms with Crippen molar-refractivity contribution in [3.63, 3.8) is 0 Å². The maximum atomic E-state index is 12.9. The number of rotatable bonds is 7. The van der Waals surface area contributed by atoms with E-state index < -0.39 is 9.84 Å². The van der Waals surface area contributed by atoms with Gasteiger partial charge in [-0.1, -0.05) is 18.2 Å². The zero-order chi connectivity index (χ0) is 22.0. The van der Waals surface area contributed by atoms with E-state index in [0.29, 0.717) is 29.9 Å². The Hall–Kier alpha value is -3.52. The van der Waals surface area contributed by atoms with Crippen LogP contribution in [0.25, 0.3) is 5.78 Å². The van der Waals surface area contributed by atoms with Gasteiger partial charge in [-0.2, -0.15) is 0 Å². The van der Waals surface area contributed by atoms with Crippen LogP contribution >= 0.6 is 0 Å². The quantitative estimate of drug-likeness (QED) is 0.411. The number of methoxy groups -OCH3 is 1. The Balaban J connectivity index is 1.47. The lowest BCUT2D eigenvalue weighted by atomic mass is 10.0. The number of fused-ring (bicyclic) bond motifs is 1. The van der Waals surface area contributed by atoms with E-state index in [1.54, 1.807) is 59.4 Å². The van der Waals surface area contributed by atoms with Crippen LogP contribution in [0.4, 0.5) is 0 Å². The summed E-state index contributed by atoms with van der Waals surface area (Å²) in [6.45, 7) is 1.86. The van der Waals surface area contributed by atoms with Gasteiger partial charge in [-0.3, -0.25) is 9.20 Å². The summed E-state index contributed by atoms with van der Waals surface area (Å²) in [5, 5.41) is 0. The van der Waals surface area contributed by atoms with Crippen LogP contribution < -0.4 is 4.74 Å². The number of nitrogens with zero attached hydrogens (tertiary/aromatic N) is 3. The number of sulfone groups is 1. The van der Waals surface area contributed by atoms with Crippen molar-refractivity contribution in [2.75, 3.05) is 7.11 Å². The Morgan fingerprint density at radius 1 is 1.06 bits per heavy atom. The summed E-state index contributed by atoms with van der Waals surface area (Å²) in [6, 6.07) is 11.4. The van der Waals surface area contributed by atoms with E-state index in [-0.39, 0.29) is 15.6 Å². The number of Topliss-reactive ketones (excluding diaryl/α,β-unsaturated/α-hetero) is 1. The van der Waals surface area contributed by atoms with Gasteiger partial charge in [0.25, 0.3) is 0 Å². The van der Waals surface area contributed by atoms with Crippen molar-refractivity contribution in [3.8, 4) is 5.75 Å². The van der Waals surface area contributed by atoms with E-state index in [2.05, 4.69) is 9.97 Å². The van der Waals surface area contributed by atoms with Crippen molar-refractivity contribution in [2.45, 2.75) is 29.6 Å². The monoisotopic (exact) mass is 435 g/mol. The fourth-order valence-corrected chi connectivity index (χ4v) is 4.58. The molecule has 158 valence electrons. The van der Waals surface area contributed by atoms with Gasteiger partial charge in [-0.05, 0) is 48.7 Å². The van der Waals surface area contributed by atoms with E-state index in [4.69, 9.17) is 4.74 Å². The number of imidazole rings is 1. The molecule has 0 radical (unpaired) electrons. The zero-order valence-electron chi connectivity index (χ0n) is 17.1. The molecule has 2 aromatic heterocycles. The first-order valence-electron chi connectivity index (χ1n) is 9.69. The summed E-state index contributed by atoms with van der Waals surface area (Å²) >= 11 is 0. The average molecular weight is 436 g/mol. The summed E-state index contributed by atoms with van der Waals surface area (Å²) in [5.41, 5.74) is 2.26. The SMILES string of the molecule is COc1cc(S(=O)(=O)c2ccc(CCC(=O)c3cnc4nccn4c3)cc2)ccc1C. The summed E-state index contributed by atoms with van der Waals surface area (Å²) in [5.74, 6) is 1.03. The normalized spacial score (nSPS) is 11.5. The van der Waals surface area contributed by atoms with Crippen LogP contribution in [0.3, 0.4) is 0 Å². The second-order valence-corrected chi connectivity index (χ2v) is 9.13. The number of ether oxygens (including phenoxy) is 1. The van der Waals surface area contributed by atoms with Crippen LogP contribution in [0.15, 0.2) is 77.0 Å². The van der Waals surface area contributed by atoms with Crippen molar-refractivity contribution < 1.29 is 17.9 Å². The van der Waals surface area contributed by atoms with Crippen molar-refractivity contribution in [2.24, 2.45) is 0 Å². The lowest BCUT2D eigenvalue weighted by Crippen LogP contribution is -2.05. The van der Waals surface area contributed by atoms with Gasteiger partial charge in [0.1, 0.15) is 5.75 Å². The van der Waals surface area contributed by atoms with Gasteiger partial charge < -0.3 is 4.74 Å². The maximum absolute atomic E-state index is 12.9. The third kappa shape index (κ3) is 4.20. The number of benzene rings is 2. The lowest BCUT2D eigenvalue weighted by molar-refractivity contribution is 0.0982. The van der Waals surface area contributed by atoms with Crippen LogP contribution in [0.5, 0.6) is 5.75 Å². The summed E-state index contributed by atoms with van der Waals surface area (Å²) in [4.78, 5) is 21.1. The topological polar surface area (TPSA) is 90.6 Å². The van der Waals surface area contributed by atoms with E-state index in [9.17, 15) is 13.2 Å². The molecule has 0 saturated heterocycles. The Kier molecular flexibility index (Phi) is 5.56. The largest absolute Gasteiger partial charge is 0.496 e. The highest BCUT2D eigenvalue weighted by Gasteiger charge is 2.19. The average Bonchev–Trinajstić information content (AvgIpc) is 3.26. The molecule has 7 nitrogen and oxygen atoms in total. The summed E-state index contributed by atoms with van der Waals surface area (Å²) in [7, 11) is -2.15. The number of hydrogen-bond acceptors (Lipinski definition) is 6. The number of hydrogen-bond donors (Lipinski definition) is 0. The second kappa shape index (κ2) is 8.31. The van der Waals surface area contributed by atoms with Crippen LogP contribution in [0.1, 0.15) is 27.9 Å². The number of aryl methyl sites for hydroxylation is 2. The Bertz CT molecular complexity index is 1360. The van der Waals surface area contributed by atoms with Crippen molar-refractivity contribution in [1.29, 1.82) is 0 Å². The van der Waals surface area contributed by atoms with Gasteiger partial charge >= 0.3 is 0 Å². The van der Waals surface area contributed by atoms with E-state index in [1.807, 2.05) is 6.92 Å². The fraction of sp³-hybridized carbons (Fsp3) is 0.174. The summed E-state index contributed by atoms with van der Waals surface area (Å²) in [6.07, 6.45) is 7.39. The molecule has 0 N–H and O–H groups in total. The number of ketones is 1. The minimum Gasteiger partial charge on any atom is -0.496 e. The molecule has 0 aliphatic heterocycles. The molecule has 0 aliphatic rings. The number of aromatic nitrogens is 3. The number of carbonyl (C=O) groups excluding carboxylic acids is 1. The van der Waals surface area contributed by atoms with Crippen LogP contribution in [-0.4, -0.2) is 35.7 Å². The third-order valence-electron chi connectivity index (χ3n) is 5.13. The molecular weight excluding hydrogens is 414 g/mol. The molecule has 0 spiro atoms. The molecule has 0 aliphatic carbocycles. The minimum absolute atomic E-state index is 0.0356. The van der Waals surface area contributed by atoms with E-state index >= 15 is 0 Å². The molecule has 0 unspecified atom stereocenters. The number of carbonyl (C=O) groups is 1. The van der Waals surface area contributed by atoms with Gasteiger partial charge in [-0.25, -0.2) is 18.4 Å². The minimum atomic E-state index is -3.66. The smallest absolute Gasteiger partial charge is 0.233 e. The molecule has 0 fully saturated rings. The van der Waals surface area contributed by atoms with Crippen LogP contribution in [-0.2, 0) is 16.3 Å². The van der Waals surface area contributed by atoms with Crippen LogP contribution in [0, 0.1) is 6.92 Å². The maximum Gasteiger partial charge on any atom is 0.233 e. The van der Waals surface area contributed by atoms with E-state index in [0.717, 1.165) is 11.1 Å². The highest BCUT2D eigenvalue weighted by atomic mass is 32.2. The molecule has 0 amide bonds. The van der Waals surface area contributed by atoms with Gasteiger partial charge in [0, 0.05) is 31.2 Å². The molecule has 2 aromatic carbocycles. The molecule has 4 rings (SSSR count). The molecular formula is C23H21N3O4S. The fourth-order valence-electron chi connectivity index (χ4n) is 3.30. The third-order valence-corrected chi connectivity index (χ3v) is 6.90. The molecule has 0 atom stereocenters. The highest BCUT2D eigenvalue weighted by Crippen LogP contribution is 2.27. The van der Waals surface area contributed by atoms with E-state index in [1.165, 1.54) is 19.4 Å². The van der Waals surface area contributed by atoms with Crippen molar-refractivity contribution in [3.05, 3.63) is 83.9 Å². The Morgan fingerprint density at radius 2 is 1.81 bits per heavy atom. The molecule has 8 heteroatoms. The highest BCUT2D eigenvalue weighted by molar-refractivity contribution is 7.91.